The van der Waals surface area contributed by atoms with E-state index in [1.54, 1.807) is 0 Å². The van der Waals surface area contributed by atoms with Crippen LogP contribution in [-0.2, 0) is 0 Å². The molecule has 0 amide bonds. The molecule has 0 unspecified atom stereocenters. The maximum absolute atomic E-state index is 8.84. The lowest BCUT2D eigenvalue weighted by Crippen LogP contribution is -2.14. The molecule has 3 nitrogen and oxygen atoms in total. The standard InChI is InChI=1S/C9H7Cl4N3/c10-5-4(3-15)6(11)8(13)9(7(5)12)16-2-1-14/h16H,1-2,14H2. The predicted molar refractivity (Wildman–Crippen MR) is 68.7 cm³/mol. The van der Waals surface area contributed by atoms with Crippen LogP contribution in [0.5, 0.6) is 0 Å². The first-order chi connectivity index (χ1) is 7.54. The van der Waals surface area contributed by atoms with Crippen LogP contribution >= 0.6 is 46.4 Å². The highest BCUT2D eigenvalue weighted by Gasteiger charge is 2.19. The number of nitriles is 1. The van der Waals surface area contributed by atoms with E-state index >= 15 is 0 Å². The van der Waals surface area contributed by atoms with Gasteiger partial charge in [-0.3, -0.25) is 0 Å². The van der Waals surface area contributed by atoms with Crippen LogP contribution in [0.2, 0.25) is 20.1 Å². The zero-order valence-corrected chi connectivity index (χ0v) is 11.0. The second-order valence-electron chi connectivity index (χ2n) is 2.83. The number of nitrogens with one attached hydrogen (secondary N) is 1. The van der Waals surface area contributed by atoms with Gasteiger partial charge in [-0.05, 0) is 0 Å². The zero-order valence-electron chi connectivity index (χ0n) is 7.95. The Kier molecular flexibility index (Phi) is 4.97. The normalized spacial score (nSPS) is 10.0. The monoisotopic (exact) mass is 297 g/mol. The molecule has 0 aliphatic rings. The summed E-state index contributed by atoms with van der Waals surface area (Å²) in [7, 11) is 0. The molecule has 0 saturated heterocycles. The van der Waals surface area contributed by atoms with Gasteiger partial charge >= 0.3 is 0 Å². The van der Waals surface area contributed by atoms with Crippen molar-refractivity contribution >= 4 is 52.1 Å². The highest BCUT2D eigenvalue weighted by Crippen LogP contribution is 2.43. The van der Waals surface area contributed by atoms with Gasteiger partial charge in [-0.1, -0.05) is 46.4 Å². The van der Waals surface area contributed by atoms with Gasteiger partial charge in [0.15, 0.2) is 0 Å². The van der Waals surface area contributed by atoms with Gasteiger partial charge in [0.2, 0.25) is 0 Å². The maximum atomic E-state index is 8.84. The Morgan fingerprint density at radius 1 is 1.06 bits per heavy atom. The summed E-state index contributed by atoms with van der Waals surface area (Å²) in [6, 6.07) is 1.84. The summed E-state index contributed by atoms with van der Waals surface area (Å²) < 4.78 is 0. The molecule has 1 aromatic rings. The summed E-state index contributed by atoms with van der Waals surface area (Å²) >= 11 is 23.7. The van der Waals surface area contributed by atoms with Crippen LogP contribution < -0.4 is 11.1 Å². The average Bonchev–Trinajstić information content (AvgIpc) is 2.27. The van der Waals surface area contributed by atoms with Gasteiger partial charge in [-0.25, -0.2) is 0 Å². The fourth-order valence-electron chi connectivity index (χ4n) is 1.08. The van der Waals surface area contributed by atoms with E-state index in [-0.39, 0.29) is 25.7 Å². The van der Waals surface area contributed by atoms with Crippen LogP contribution in [0.1, 0.15) is 5.56 Å². The topological polar surface area (TPSA) is 61.8 Å². The van der Waals surface area contributed by atoms with Gasteiger partial charge in [0.05, 0.1) is 31.3 Å². The van der Waals surface area contributed by atoms with Crippen molar-refractivity contribution in [3.63, 3.8) is 0 Å². The number of nitrogens with two attached hydrogens (primary N) is 1. The van der Waals surface area contributed by atoms with E-state index in [0.717, 1.165) is 0 Å². The van der Waals surface area contributed by atoms with Gasteiger partial charge in [0, 0.05) is 13.1 Å². The third-order valence-corrected chi connectivity index (χ3v) is 3.53. The van der Waals surface area contributed by atoms with Crippen LogP contribution in [0.3, 0.4) is 0 Å². The molecule has 0 aromatic heterocycles. The van der Waals surface area contributed by atoms with Crippen LogP contribution in [-0.4, -0.2) is 13.1 Å². The second kappa shape index (κ2) is 5.81. The number of rotatable bonds is 3. The molecule has 0 atom stereocenters. The minimum atomic E-state index is 0.0663. The number of halogens is 4. The third-order valence-electron chi connectivity index (χ3n) is 1.82. The maximum Gasteiger partial charge on any atom is 0.102 e. The number of nitrogens with zero attached hydrogens (tertiary/aromatic N) is 1. The van der Waals surface area contributed by atoms with Crippen LogP contribution in [0.4, 0.5) is 5.69 Å². The molecule has 0 fully saturated rings. The largest absolute Gasteiger partial charge is 0.381 e. The minimum absolute atomic E-state index is 0.0663. The highest BCUT2D eigenvalue weighted by atomic mass is 35.5. The molecule has 0 bridgehead atoms. The van der Waals surface area contributed by atoms with Crippen molar-refractivity contribution in [2.24, 2.45) is 5.73 Å². The van der Waals surface area contributed by atoms with Crippen molar-refractivity contribution in [3.05, 3.63) is 25.7 Å². The van der Waals surface area contributed by atoms with E-state index in [4.69, 9.17) is 57.4 Å². The highest BCUT2D eigenvalue weighted by molar-refractivity contribution is 6.51. The lowest BCUT2D eigenvalue weighted by atomic mass is 10.2. The van der Waals surface area contributed by atoms with Crippen LogP contribution in [0, 0.1) is 11.3 Å². The van der Waals surface area contributed by atoms with Crippen molar-refractivity contribution < 1.29 is 0 Å². The van der Waals surface area contributed by atoms with Crippen LogP contribution in [0.25, 0.3) is 0 Å². The van der Waals surface area contributed by atoms with E-state index in [1.807, 2.05) is 6.07 Å². The number of hydrogen-bond acceptors (Lipinski definition) is 3. The Hall–Kier alpha value is -0.370. The SMILES string of the molecule is N#Cc1c(Cl)c(Cl)c(NCCN)c(Cl)c1Cl. The lowest BCUT2D eigenvalue weighted by molar-refractivity contribution is 1.02. The first-order valence-corrected chi connectivity index (χ1v) is 5.75. The molecule has 0 aliphatic carbocycles. The van der Waals surface area contributed by atoms with E-state index in [2.05, 4.69) is 5.32 Å². The average molecular weight is 299 g/mol. The van der Waals surface area contributed by atoms with Crippen LogP contribution in [0.15, 0.2) is 0 Å². The van der Waals surface area contributed by atoms with Crippen molar-refractivity contribution in [2.45, 2.75) is 0 Å². The summed E-state index contributed by atoms with van der Waals surface area (Å²) in [6.07, 6.45) is 0. The lowest BCUT2D eigenvalue weighted by Gasteiger charge is -2.13. The summed E-state index contributed by atoms with van der Waals surface area (Å²) in [6.45, 7) is 0.875. The van der Waals surface area contributed by atoms with Crippen molar-refractivity contribution in [1.29, 1.82) is 5.26 Å². The third kappa shape index (κ3) is 2.48. The molecule has 1 aromatic carbocycles. The second-order valence-corrected chi connectivity index (χ2v) is 4.35. The minimum Gasteiger partial charge on any atom is -0.381 e. The van der Waals surface area contributed by atoms with Gasteiger partial charge in [0.25, 0.3) is 0 Å². The molecule has 86 valence electrons. The van der Waals surface area contributed by atoms with Gasteiger partial charge in [-0.15, -0.1) is 0 Å². The molecular weight excluding hydrogens is 292 g/mol. The quantitative estimate of drug-likeness (QED) is 0.839. The molecule has 0 spiro atoms. The Balaban J connectivity index is 3.37. The number of hydrogen-bond donors (Lipinski definition) is 2. The summed E-state index contributed by atoms with van der Waals surface area (Å²) in [5.41, 5.74) is 5.80. The Morgan fingerprint density at radius 3 is 1.94 bits per heavy atom. The van der Waals surface area contributed by atoms with E-state index in [9.17, 15) is 0 Å². The fraction of sp³-hybridized carbons (Fsp3) is 0.222. The first kappa shape index (κ1) is 13.7. The van der Waals surface area contributed by atoms with Gasteiger partial charge in [-0.2, -0.15) is 5.26 Å². The summed E-state index contributed by atoms with van der Waals surface area (Å²) in [4.78, 5) is 0. The molecule has 0 saturated carbocycles. The van der Waals surface area contributed by atoms with Gasteiger partial charge in [0.1, 0.15) is 6.07 Å². The number of benzene rings is 1. The Morgan fingerprint density at radius 2 is 1.56 bits per heavy atom. The zero-order chi connectivity index (χ0) is 12.3. The van der Waals surface area contributed by atoms with E-state index in [0.29, 0.717) is 18.8 Å². The van der Waals surface area contributed by atoms with E-state index < -0.39 is 0 Å². The Labute approximate surface area is 113 Å². The number of anilines is 1. The molecular formula is C9H7Cl4N3. The molecule has 0 aliphatic heterocycles. The summed E-state index contributed by atoms with van der Waals surface area (Å²) in [5.74, 6) is 0. The molecule has 7 heteroatoms. The molecule has 0 radical (unpaired) electrons. The molecule has 3 N–H and O–H groups in total. The van der Waals surface area contributed by atoms with Crippen molar-refractivity contribution in [3.8, 4) is 6.07 Å². The fourth-order valence-corrected chi connectivity index (χ4v) is 2.15. The van der Waals surface area contributed by atoms with Crippen molar-refractivity contribution in [1.82, 2.24) is 0 Å². The van der Waals surface area contributed by atoms with Crippen molar-refractivity contribution in [2.75, 3.05) is 18.4 Å². The molecule has 0 heterocycles. The predicted octanol–water partition coefficient (Wildman–Crippen LogP) is 3.54. The summed E-state index contributed by atoms with van der Waals surface area (Å²) in [5, 5.41) is 12.2. The molecule has 1 rings (SSSR count). The van der Waals surface area contributed by atoms with E-state index in [1.165, 1.54) is 0 Å². The Bertz CT molecular complexity index is 424. The van der Waals surface area contributed by atoms with Gasteiger partial charge < -0.3 is 11.1 Å². The first-order valence-electron chi connectivity index (χ1n) is 4.24. The molecule has 16 heavy (non-hydrogen) atoms. The smallest absolute Gasteiger partial charge is 0.102 e.